The summed E-state index contributed by atoms with van der Waals surface area (Å²) in [5.41, 5.74) is 3.70. The number of carbonyl (C=O) groups is 2. The third kappa shape index (κ3) is 4.35. The lowest BCUT2D eigenvalue weighted by Gasteiger charge is -2.30. The molecule has 1 N–H and O–H groups in total. The van der Waals surface area contributed by atoms with Crippen LogP contribution in [0.25, 0.3) is 21.9 Å². The minimum absolute atomic E-state index is 0.0791. The molecule has 0 saturated carbocycles. The Kier molecular flexibility index (Phi) is 5.73. The number of fused-ring (bicyclic) bond motifs is 2. The lowest BCUT2D eigenvalue weighted by molar-refractivity contribution is 0.0683. The molecule has 6 rings (SSSR count). The van der Waals surface area contributed by atoms with Gasteiger partial charge in [-0.15, -0.1) is 11.3 Å². The number of likely N-dealkylation sites (tertiary alicyclic amines) is 1. The van der Waals surface area contributed by atoms with Crippen LogP contribution >= 0.6 is 11.3 Å². The largest absolute Gasteiger partial charge is 0.451 e. The maximum Gasteiger partial charge on any atom is 0.289 e. The van der Waals surface area contributed by atoms with Crippen molar-refractivity contribution in [2.24, 2.45) is 0 Å². The Hall–Kier alpha value is -4.04. The van der Waals surface area contributed by atoms with Crippen LogP contribution in [0.1, 0.15) is 50.5 Å². The Labute approximate surface area is 211 Å². The normalized spacial score (nSPS) is 14.4. The van der Waals surface area contributed by atoms with Gasteiger partial charge in [-0.2, -0.15) is 0 Å². The first-order valence-corrected chi connectivity index (χ1v) is 12.8. The molecule has 7 nitrogen and oxygen atoms in total. The number of furan rings is 1. The highest BCUT2D eigenvalue weighted by Gasteiger charge is 2.28. The van der Waals surface area contributed by atoms with Gasteiger partial charge < -0.3 is 14.6 Å². The monoisotopic (exact) mass is 496 g/mol. The lowest BCUT2D eigenvalue weighted by Crippen LogP contribution is -2.37. The summed E-state index contributed by atoms with van der Waals surface area (Å²) < 4.78 is 5.75. The van der Waals surface area contributed by atoms with E-state index < -0.39 is 0 Å². The Morgan fingerprint density at radius 2 is 1.83 bits per heavy atom. The number of nitrogens with one attached hydrogen (secondary N) is 1. The smallest absolute Gasteiger partial charge is 0.289 e. The van der Waals surface area contributed by atoms with Crippen molar-refractivity contribution in [2.45, 2.75) is 25.7 Å². The predicted molar refractivity (Wildman–Crippen MR) is 141 cm³/mol. The molecule has 5 aromatic rings. The van der Waals surface area contributed by atoms with E-state index in [1.165, 1.54) is 11.3 Å². The van der Waals surface area contributed by atoms with Crippen LogP contribution in [0, 0.1) is 6.92 Å². The van der Waals surface area contributed by atoms with Crippen LogP contribution in [0.5, 0.6) is 0 Å². The van der Waals surface area contributed by atoms with E-state index in [0.717, 1.165) is 45.4 Å². The number of benzene rings is 2. The summed E-state index contributed by atoms with van der Waals surface area (Å²) in [6, 6.07) is 19.1. The van der Waals surface area contributed by atoms with Crippen molar-refractivity contribution in [3.05, 3.63) is 88.2 Å². The van der Waals surface area contributed by atoms with Gasteiger partial charge in [0, 0.05) is 46.5 Å². The summed E-state index contributed by atoms with van der Waals surface area (Å²) in [5.74, 6) is 0.299. The first-order valence-electron chi connectivity index (χ1n) is 12.0. The van der Waals surface area contributed by atoms with Crippen LogP contribution in [0.2, 0.25) is 0 Å². The number of aryl methyl sites for hydroxylation is 1. The van der Waals surface area contributed by atoms with Crippen molar-refractivity contribution in [3.8, 4) is 0 Å². The lowest BCUT2D eigenvalue weighted by atomic mass is 9.97. The van der Waals surface area contributed by atoms with Crippen molar-refractivity contribution in [1.29, 1.82) is 0 Å². The average molecular weight is 497 g/mol. The molecule has 4 heterocycles. The Morgan fingerprint density at radius 3 is 2.67 bits per heavy atom. The molecule has 0 unspecified atom stereocenters. The van der Waals surface area contributed by atoms with Gasteiger partial charge in [-0.1, -0.05) is 24.3 Å². The molecule has 180 valence electrons. The molecule has 2 amide bonds. The van der Waals surface area contributed by atoms with E-state index in [0.29, 0.717) is 30.2 Å². The van der Waals surface area contributed by atoms with Crippen LogP contribution in [0.4, 0.5) is 5.69 Å². The summed E-state index contributed by atoms with van der Waals surface area (Å²) in [4.78, 5) is 36.7. The minimum Gasteiger partial charge on any atom is -0.451 e. The molecule has 0 bridgehead atoms. The second kappa shape index (κ2) is 9.20. The number of hydrogen-bond acceptors (Lipinski definition) is 6. The minimum atomic E-state index is -0.227. The van der Waals surface area contributed by atoms with Crippen molar-refractivity contribution in [1.82, 2.24) is 14.9 Å². The molecular formula is C28H24N4O3S. The van der Waals surface area contributed by atoms with Crippen LogP contribution in [-0.4, -0.2) is 39.8 Å². The summed E-state index contributed by atoms with van der Waals surface area (Å²) in [7, 11) is 0. The van der Waals surface area contributed by atoms with E-state index >= 15 is 0 Å². The van der Waals surface area contributed by atoms with Gasteiger partial charge in [-0.05, 0) is 56.2 Å². The van der Waals surface area contributed by atoms with Gasteiger partial charge in [-0.25, -0.2) is 4.98 Å². The van der Waals surface area contributed by atoms with E-state index in [-0.39, 0.29) is 17.7 Å². The number of rotatable bonds is 4. The quantitative estimate of drug-likeness (QED) is 0.329. The van der Waals surface area contributed by atoms with E-state index in [1.807, 2.05) is 77.9 Å². The standard InChI is InChI=1S/C28H24N4O3S/c1-17-6-7-19-14-21(8-9-22(19)29-17)30-26(33)23-16-36-27(31-23)18-10-12-32(13-11-18)28(34)25-15-20-4-2-3-5-24(20)35-25/h2-9,14-16,18H,10-13H2,1H3,(H,30,33). The third-order valence-corrected chi connectivity index (χ3v) is 7.62. The van der Waals surface area contributed by atoms with Crippen LogP contribution in [-0.2, 0) is 0 Å². The first kappa shape index (κ1) is 22.4. The second-order valence-electron chi connectivity index (χ2n) is 9.10. The average Bonchev–Trinajstić information content (AvgIpc) is 3.56. The number of nitrogens with zero attached hydrogens (tertiary/aromatic N) is 3. The number of hydrogen-bond donors (Lipinski definition) is 1. The number of para-hydroxylation sites is 1. The molecule has 1 aliphatic heterocycles. The first-order chi connectivity index (χ1) is 17.5. The Morgan fingerprint density at radius 1 is 1.00 bits per heavy atom. The van der Waals surface area contributed by atoms with Crippen molar-refractivity contribution >= 4 is 50.7 Å². The van der Waals surface area contributed by atoms with Crippen molar-refractivity contribution in [3.63, 3.8) is 0 Å². The molecule has 0 radical (unpaired) electrons. The Balaban J connectivity index is 1.08. The number of piperidine rings is 1. The van der Waals surface area contributed by atoms with Gasteiger partial charge >= 0.3 is 0 Å². The van der Waals surface area contributed by atoms with Crippen LogP contribution in [0.3, 0.4) is 0 Å². The number of anilines is 1. The highest BCUT2D eigenvalue weighted by atomic mass is 32.1. The highest BCUT2D eigenvalue weighted by molar-refractivity contribution is 7.10. The third-order valence-electron chi connectivity index (χ3n) is 6.61. The number of aromatic nitrogens is 2. The fourth-order valence-electron chi connectivity index (χ4n) is 4.65. The maximum absolute atomic E-state index is 12.9. The van der Waals surface area contributed by atoms with Crippen molar-refractivity contribution < 1.29 is 14.0 Å². The fourth-order valence-corrected chi connectivity index (χ4v) is 5.62. The molecule has 1 fully saturated rings. The zero-order chi connectivity index (χ0) is 24.6. The summed E-state index contributed by atoms with van der Waals surface area (Å²) in [6.07, 6.45) is 1.61. The fraction of sp³-hybridized carbons (Fsp3) is 0.214. The summed E-state index contributed by atoms with van der Waals surface area (Å²) in [6.45, 7) is 3.22. The van der Waals surface area contributed by atoms with Gasteiger partial charge in [-0.3, -0.25) is 14.6 Å². The SMILES string of the molecule is Cc1ccc2cc(NC(=O)c3csc(C4CCN(C(=O)c5cc6ccccc6o5)CC4)n3)ccc2n1. The molecular weight excluding hydrogens is 472 g/mol. The Bertz CT molecular complexity index is 1560. The molecule has 2 aromatic carbocycles. The summed E-state index contributed by atoms with van der Waals surface area (Å²) in [5, 5.41) is 7.60. The second-order valence-corrected chi connectivity index (χ2v) is 9.99. The molecule has 1 saturated heterocycles. The number of carbonyl (C=O) groups excluding carboxylic acids is 2. The molecule has 0 atom stereocenters. The van der Waals surface area contributed by atoms with Gasteiger partial charge in [0.25, 0.3) is 11.8 Å². The van der Waals surface area contributed by atoms with E-state index in [1.54, 1.807) is 0 Å². The van der Waals surface area contributed by atoms with Gasteiger partial charge in [0.1, 0.15) is 11.3 Å². The summed E-state index contributed by atoms with van der Waals surface area (Å²) >= 11 is 1.50. The molecule has 1 aliphatic rings. The van der Waals surface area contributed by atoms with Crippen LogP contribution in [0.15, 0.2) is 70.5 Å². The molecule has 3 aromatic heterocycles. The van der Waals surface area contributed by atoms with E-state index in [4.69, 9.17) is 4.42 Å². The molecule has 36 heavy (non-hydrogen) atoms. The maximum atomic E-state index is 12.9. The topological polar surface area (TPSA) is 88.3 Å². The zero-order valence-corrected chi connectivity index (χ0v) is 20.5. The molecule has 0 spiro atoms. The molecule has 8 heteroatoms. The number of thiazole rings is 1. The number of amides is 2. The predicted octanol–water partition coefficient (Wildman–Crippen LogP) is 6.02. The van der Waals surface area contributed by atoms with E-state index in [2.05, 4.69) is 15.3 Å². The van der Waals surface area contributed by atoms with Gasteiger partial charge in [0.2, 0.25) is 0 Å². The van der Waals surface area contributed by atoms with E-state index in [9.17, 15) is 9.59 Å². The highest BCUT2D eigenvalue weighted by Crippen LogP contribution is 2.32. The number of pyridine rings is 1. The molecule has 0 aliphatic carbocycles. The van der Waals surface area contributed by atoms with Crippen molar-refractivity contribution in [2.75, 3.05) is 18.4 Å². The van der Waals surface area contributed by atoms with Gasteiger partial charge in [0.05, 0.1) is 10.5 Å². The zero-order valence-electron chi connectivity index (χ0n) is 19.7. The van der Waals surface area contributed by atoms with Gasteiger partial charge in [0.15, 0.2) is 5.76 Å². The van der Waals surface area contributed by atoms with Crippen LogP contribution < -0.4 is 5.32 Å².